The van der Waals surface area contributed by atoms with Crippen molar-refractivity contribution in [2.45, 2.75) is 6.42 Å². The van der Waals surface area contributed by atoms with Crippen LogP contribution in [0.2, 0.25) is 0 Å². The zero-order chi connectivity index (χ0) is 18.5. The van der Waals surface area contributed by atoms with Gasteiger partial charge in [-0.25, -0.2) is 0 Å². The Morgan fingerprint density at radius 1 is 0.815 bits per heavy atom. The van der Waals surface area contributed by atoms with Gasteiger partial charge in [-0.2, -0.15) is 0 Å². The van der Waals surface area contributed by atoms with Crippen molar-refractivity contribution in [3.05, 3.63) is 96.1 Å². The van der Waals surface area contributed by atoms with Crippen LogP contribution < -0.4 is 10.6 Å². The second kappa shape index (κ2) is 8.02. The van der Waals surface area contributed by atoms with E-state index in [0.29, 0.717) is 5.56 Å². The zero-order valence-corrected chi connectivity index (χ0v) is 15.1. The molecule has 2 N–H and O–H groups in total. The van der Waals surface area contributed by atoms with Crippen LogP contribution in [-0.2, 0) is 0 Å². The highest BCUT2D eigenvalue weighted by Crippen LogP contribution is 2.25. The SMILES string of the molecule is O=C(Nc1ccc(C2=CCNCC2)cc1)c1ccccc1-c1ccccc1. The number of hydrogen-bond acceptors (Lipinski definition) is 2. The van der Waals surface area contributed by atoms with E-state index in [4.69, 9.17) is 0 Å². The standard InChI is InChI=1S/C24H22N2O/c27-24(23-9-5-4-8-22(23)20-6-2-1-3-7-20)26-21-12-10-18(11-13-21)19-14-16-25-17-15-19/h1-14,25H,15-17H2,(H,26,27). The molecule has 134 valence electrons. The summed E-state index contributed by atoms with van der Waals surface area (Å²) in [6.07, 6.45) is 3.27. The summed E-state index contributed by atoms with van der Waals surface area (Å²) in [4.78, 5) is 12.9. The Balaban J connectivity index is 1.54. The molecule has 0 saturated heterocycles. The highest BCUT2D eigenvalue weighted by molar-refractivity contribution is 6.08. The quantitative estimate of drug-likeness (QED) is 0.693. The molecule has 1 amide bonds. The molecule has 0 aromatic heterocycles. The van der Waals surface area contributed by atoms with E-state index in [0.717, 1.165) is 36.3 Å². The van der Waals surface area contributed by atoms with Crippen LogP contribution in [0.3, 0.4) is 0 Å². The minimum atomic E-state index is -0.0942. The first-order valence-electron chi connectivity index (χ1n) is 9.27. The lowest BCUT2D eigenvalue weighted by molar-refractivity contribution is 0.102. The summed E-state index contributed by atoms with van der Waals surface area (Å²) in [5.74, 6) is -0.0942. The Morgan fingerprint density at radius 2 is 1.56 bits per heavy atom. The fraction of sp³-hybridized carbons (Fsp3) is 0.125. The Hall–Kier alpha value is -3.17. The molecule has 0 aliphatic carbocycles. The van der Waals surface area contributed by atoms with Crippen molar-refractivity contribution < 1.29 is 4.79 Å². The number of nitrogens with one attached hydrogen (secondary N) is 2. The third-order valence-corrected chi connectivity index (χ3v) is 4.83. The molecule has 0 bridgehead atoms. The van der Waals surface area contributed by atoms with Crippen molar-refractivity contribution in [1.29, 1.82) is 0 Å². The normalized spacial score (nSPS) is 13.7. The van der Waals surface area contributed by atoms with Gasteiger partial charge in [0, 0.05) is 17.8 Å². The van der Waals surface area contributed by atoms with Crippen LogP contribution in [0.15, 0.2) is 84.9 Å². The maximum absolute atomic E-state index is 12.9. The van der Waals surface area contributed by atoms with Gasteiger partial charge < -0.3 is 10.6 Å². The van der Waals surface area contributed by atoms with Gasteiger partial charge in [0.15, 0.2) is 0 Å². The monoisotopic (exact) mass is 354 g/mol. The molecule has 0 fully saturated rings. The predicted octanol–water partition coefficient (Wildman–Crippen LogP) is 4.98. The van der Waals surface area contributed by atoms with Crippen molar-refractivity contribution in [1.82, 2.24) is 5.32 Å². The third-order valence-electron chi connectivity index (χ3n) is 4.83. The first-order valence-corrected chi connectivity index (χ1v) is 9.27. The van der Waals surface area contributed by atoms with E-state index < -0.39 is 0 Å². The minimum absolute atomic E-state index is 0.0942. The van der Waals surface area contributed by atoms with Gasteiger partial charge in [-0.05, 0) is 53.4 Å². The molecule has 0 spiro atoms. The van der Waals surface area contributed by atoms with Gasteiger partial charge >= 0.3 is 0 Å². The summed E-state index contributed by atoms with van der Waals surface area (Å²) in [7, 11) is 0. The fourth-order valence-electron chi connectivity index (χ4n) is 3.40. The maximum atomic E-state index is 12.9. The number of benzene rings is 3. The molecule has 27 heavy (non-hydrogen) atoms. The van der Waals surface area contributed by atoms with E-state index in [9.17, 15) is 4.79 Å². The second-order valence-corrected chi connectivity index (χ2v) is 6.63. The van der Waals surface area contributed by atoms with Gasteiger partial charge in [0.2, 0.25) is 0 Å². The molecule has 3 aromatic rings. The Bertz CT molecular complexity index is 959. The van der Waals surface area contributed by atoms with Crippen molar-refractivity contribution in [3.63, 3.8) is 0 Å². The van der Waals surface area contributed by atoms with Gasteiger partial charge in [-0.3, -0.25) is 4.79 Å². The van der Waals surface area contributed by atoms with Crippen LogP contribution in [0.4, 0.5) is 5.69 Å². The number of amides is 1. The average molecular weight is 354 g/mol. The molecule has 0 radical (unpaired) electrons. The average Bonchev–Trinajstić information content (AvgIpc) is 2.75. The van der Waals surface area contributed by atoms with Crippen molar-refractivity contribution in [3.8, 4) is 11.1 Å². The van der Waals surface area contributed by atoms with Crippen LogP contribution in [0, 0.1) is 0 Å². The third kappa shape index (κ3) is 3.99. The van der Waals surface area contributed by atoms with E-state index in [2.05, 4.69) is 28.8 Å². The van der Waals surface area contributed by atoms with Crippen LogP contribution >= 0.6 is 0 Å². The molecule has 4 rings (SSSR count). The molecule has 0 unspecified atom stereocenters. The van der Waals surface area contributed by atoms with Crippen molar-refractivity contribution in [2.75, 3.05) is 18.4 Å². The summed E-state index contributed by atoms with van der Waals surface area (Å²) in [6, 6.07) is 25.8. The largest absolute Gasteiger partial charge is 0.322 e. The number of anilines is 1. The fourth-order valence-corrected chi connectivity index (χ4v) is 3.40. The molecule has 3 nitrogen and oxygen atoms in total. The summed E-state index contributed by atoms with van der Waals surface area (Å²) in [5.41, 5.74) is 6.04. The van der Waals surface area contributed by atoms with Crippen LogP contribution in [0.25, 0.3) is 16.7 Å². The van der Waals surface area contributed by atoms with E-state index in [1.54, 1.807) is 0 Å². The number of hydrogen-bond donors (Lipinski definition) is 2. The highest BCUT2D eigenvalue weighted by atomic mass is 16.1. The lowest BCUT2D eigenvalue weighted by Crippen LogP contribution is -2.20. The van der Waals surface area contributed by atoms with Crippen LogP contribution in [0.5, 0.6) is 0 Å². The highest BCUT2D eigenvalue weighted by Gasteiger charge is 2.13. The molecule has 3 heteroatoms. The molecule has 1 aliphatic rings. The molecular formula is C24H22N2O. The summed E-state index contributed by atoms with van der Waals surface area (Å²) in [5, 5.41) is 6.35. The molecular weight excluding hydrogens is 332 g/mol. The van der Waals surface area contributed by atoms with Gasteiger partial charge in [0.1, 0.15) is 0 Å². The number of rotatable bonds is 4. The summed E-state index contributed by atoms with van der Waals surface area (Å²) >= 11 is 0. The summed E-state index contributed by atoms with van der Waals surface area (Å²) < 4.78 is 0. The van der Waals surface area contributed by atoms with E-state index in [-0.39, 0.29) is 5.91 Å². The molecule has 1 heterocycles. The van der Waals surface area contributed by atoms with E-state index in [1.165, 1.54) is 11.1 Å². The van der Waals surface area contributed by atoms with E-state index >= 15 is 0 Å². The van der Waals surface area contributed by atoms with E-state index in [1.807, 2.05) is 66.7 Å². The predicted molar refractivity (Wildman–Crippen MR) is 112 cm³/mol. The van der Waals surface area contributed by atoms with Gasteiger partial charge in [-0.1, -0.05) is 66.7 Å². The molecule has 3 aromatic carbocycles. The topological polar surface area (TPSA) is 41.1 Å². The zero-order valence-electron chi connectivity index (χ0n) is 15.1. The second-order valence-electron chi connectivity index (χ2n) is 6.63. The van der Waals surface area contributed by atoms with Crippen molar-refractivity contribution in [2.24, 2.45) is 0 Å². The first-order chi connectivity index (χ1) is 13.3. The first kappa shape index (κ1) is 17.3. The lowest BCUT2D eigenvalue weighted by Gasteiger charge is -2.15. The molecule has 1 aliphatic heterocycles. The number of carbonyl (C=O) groups excluding carboxylic acids is 1. The lowest BCUT2D eigenvalue weighted by atomic mass is 9.99. The number of carbonyl (C=O) groups is 1. The smallest absolute Gasteiger partial charge is 0.256 e. The van der Waals surface area contributed by atoms with Crippen LogP contribution in [0.1, 0.15) is 22.3 Å². The Labute approximate surface area is 159 Å². The van der Waals surface area contributed by atoms with Crippen LogP contribution in [-0.4, -0.2) is 19.0 Å². The van der Waals surface area contributed by atoms with Gasteiger partial charge in [-0.15, -0.1) is 0 Å². The molecule has 0 saturated carbocycles. The minimum Gasteiger partial charge on any atom is -0.322 e. The van der Waals surface area contributed by atoms with Crippen molar-refractivity contribution >= 4 is 17.2 Å². The van der Waals surface area contributed by atoms with Gasteiger partial charge in [0.05, 0.1) is 0 Å². The van der Waals surface area contributed by atoms with Gasteiger partial charge in [0.25, 0.3) is 5.91 Å². The summed E-state index contributed by atoms with van der Waals surface area (Å²) in [6.45, 7) is 1.94. The Morgan fingerprint density at radius 3 is 2.30 bits per heavy atom. The molecule has 0 atom stereocenters. The maximum Gasteiger partial charge on any atom is 0.256 e. The Kier molecular flexibility index (Phi) is 5.13.